The largest absolute Gasteiger partial charge is 0.481 e. The summed E-state index contributed by atoms with van der Waals surface area (Å²) in [5, 5.41) is 6.21. The van der Waals surface area contributed by atoms with Gasteiger partial charge in [-0.05, 0) is 49.7 Å². The molecule has 3 rings (SSSR count). The lowest BCUT2D eigenvalue weighted by Gasteiger charge is -2.34. The fourth-order valence-corrected chi connectivity index (χ4v) is 3.21. The Balaban J connectivity index is 0.00000261. The number of hydrogen-bond donors (Lipinski definition) is 2. The van der Waals surface area contributed by atoms with Gasteiger partial charge in [0.2, 0.25) is 0 Å². The minimum absolute atomic E-state index is 0. The lowest BCUT2D eigenvalue weighted by molar-refractivity contribution is -0.128. The van der Waals surface area contributed by atoms with Gasteiger partial charge < -0.3 is 15.4 Å². The van der Waals surface area contributed by atoms with Gasteiger partial charge in [-0.3, -0.25) is 4.79 Å². The molecule has 0 saturated carbocycles. The Hall–Kier alpha value is -2.18. The first kappa shape index (κ1) is 21.1. The maximum absolute atomic E-state index is 13.6. The summed E-state index contributed by atoms with van der Waals surface area (Å²) >= 11 is 0. The van der Waals surface area contributed by atoms with E-state index in [9.17, 15) is 13.6 Å². The smallest absolute Gasteiger partial charge is 0.261 e. The number of halogens is 3. The zero-order valence-corrected chi connectivity index (χ0v) is 15.8. The van der Waals surface area contributed by atoms with Gasteiger partial charge in [-0.25, -0.2) is 8.78 Å². The van der Waals surface area contributed by atoms with Crippen LogP contribution in [0.25, 0.3) is 0 Å². The van der Waals surface area contributed by atoms with Crippen LogP contribution in [0.2, 0.25) is 0 Å². The summed E-state index contributed by atoms with van der Waals surface area (Å²) in [6.45, 7) is 3.00. The van der Waals surface area contributed by atoms with Gasteiger partial charge in [-0.1, -0.05) is 24.3 Å². The van der Waals surface area contributed by atoms with Gasteiger partial charge in [0, 0.05) is 18.5 Å². The molecule has 1 amide bonds. The third kappa shape index (κ3) is 5.40. The van der Waals surface area contributed by atoms with E-state index in [1.807, 2.05) is 18.2 Å². The van der Waals surface area contributed by atoms with Gasteiger partial charge >= 0.3 is 0 Å². The van der Waals surface area contributed by atoms with Gasteiger partial charge in [0.25, 0.3) is 5.91 Å². The number of nitrogens with one attached hydrogen (secondary N) is 2. The van der Waals surface area contributed by atoms with Crippen LogP contribution >= 0.6 is 12.4 Å². The van der Waals surface area contributed by atoms with E-state index in [-0.39, 0.29) is 30.3 Å². The van der Waals surface area contributed by atoms with E-state index in [0.29, 0.717) is 17.9 Å². The summed E-state index contributed by atoms with van der Waals surface area (Å²) in [5.74, 6) is -1.44. The van der Waals surface area contributed by atoms with Crippen molar-refractivity contribution in [2.24, 2.45) is 0 Å². The minimum Gasteiger partial charge on any atom is -0.481 e. The molecule has 2 aromatic rings. The lowest BCUT2D eigenvalue weighted by atomic mass is 9.86. The number of carbonyl (C=O) groups excluding carboxylic acids is 1. The number of rotatable bonds is 5. The second kappa shape index (κ2) is 9.67. The molecule has 3 unspecified atom stereocenters. The Morgan fingerprint density at radius 1 is 1.19 bits per heavy atom. The standard InChI is InChI=1S/C20H22F2N2O2.ClH/c1-13(26-15-5-3-2-4-6-15)20(25)24-19-12-23-10-9-16(19)14-7-8-17(21)18(22)11-14;/h2-8,11,13,16,19,23H,9-10,12H2,1H3,(H,24,25);1H. The highest BCUT2D eigenvalue weighted by Crippen LogP contribution is 2.27. The van der Waals surface area contributed by atoms with Crippen LogP contribution in [-0.2, 0) is 4.79 Å². The Morgan fingerprint density at radius 2 is 1.93 bits per heavy atom. The van der Waals surface area contributed by atoms with Gasteiger partial charge in [0.1, 0.15) is 5.75 Å². The summed E-state index contributed by atoms with van der Waals surface area (Å²) in [5.41, 5.74) is 0.687. The number of carbonyl (C=O) groups is 1. The molecule has 1 fully saturated rings. The van der Waals surface area contributed by atoms with Crippen molar-refractivity contribution in [3.63, 3.8) is 0 Å². The number of benzene rings is 2. The molecule has 1 aliphatic heterocycles. The fraction of sp³-hybridized carbons (Fsp3) is 0.350. The van der Waals surface area contributed by atoms with Crippen molar-refractivity contribution in [2.75, 3.05) is 13.1 Å². The summed E-state index contributed by atoms with van der Waals surface area (Å²) in [7, 11) is 0. The molecule has 7 heteroatoms. The molecule has 0 radical (unpaired) electrons. The first-order valence-corrected chi connectivity index (χ1v) is 8.72. The van der Waals surface area contributed by atoms with Crippen molar-refractivity contribution < 1.29 is 18.3 Å². The zero-order valence-electron chi connectivity index (χ0n) is 15.0. The third-order valence-electron chi connectivity index (χ3n) is 4.61. The van der Waals surface area contributed by atoms with Crippen LogP contribution in [0.4, 0.5) is 8.78 Å². The third-order valence-corrected chi connectivity index (χ3v) is 4.61. The van der Waals surface area contributed by atoms with E-state index in [1.165, 1.54) is 6.07 Å². The fourth-order valence-electron chi connectivity index (χ4n) is 3.21. The Labute approximate surface area is 163 Å². The quantitative estimate of drug-likeness (QED) is 0.814. The first-order chi connectivity index (χ1) is 12.5. The van der Waals surface area contributed by atoms with E-state index in [2.05, 4.69) is 10.6 Å². The Kier molecular flexibility index (Phi) is 7.56. The van der Waals surface area contributed by atoms with Crippen molar-refractivity contribution in [1.29, 1.82) is 0 Å². The molecule has 27 heavy (non-hydrogen) atoms. The van der Waals surface area contributed by atoms with Crippen molar-refractivity contribution in [1.82, 2.24) is 10.6 Å². The Morgan fingerprint density at radius 3 is 2.63 bits per heavy atom. The predicted octanol–water partition coefficient (Wildman–Crippen LogP) is 3.42. The predicted molar refractivity (Wildman–Crippen MR) is 102 cm³/mol. The summed E-state index contributed by atoms with van der Waals surface area (Å²) in [6.07, 6.45) is 0.0640. The maximum Gasteiger partial charge on any atom is 0.261 e. The first-order valence-electron chi connectivity index (χ1n) is 8.72. The molecule has 0 aromatic heterocycles. The molecule has 0 aliphatic carbocycles. The number of amides is 1. The van der Waals surface area contributed by atoms with E-state index < -0.39 is 17.7 Å². The molecule has 1 saturated heterocycles. The molecule has 0 spiro atoms. The summed E-state index contributed by atoms with van der Waals surface area (Å²) < 4.78 is 32.5. The van der Waals surface area contributed by atoms with Crippen molar-refractivity contribution in [2.45, 2.75) is 31.4 Å². The molecular formula is C20H23ClF2N2O2. The minimum atomic E-state index is -0.869. The normalized spacial score (nSPS) is 20.3. The molecule has 1 aliphatic rings. The van der Waals surface area contributed by atoms with Crippen molar-refractivity contribution >= 4 is 18.3 Å². The molecule has 0 bridgehead atoms. The van der Waals surface area contributed by atoms with Gasteiger partial charge in [0.05, 0.1) is 0 Å². The van der Waals surface area contributed by atoms with Gasteiger partial charge in [0.15, 0.2) is 17.7 Å². The topological polar surface area (TPSA) is 50.4 Å². The highest BCUT2D eigenvalue weighted by molar-refractivity contribution is 5.85. The SMILES string of the molecule is CC(Oc1ccccc1)C(=O)NC1CNCCC1c1ccc(F)c(F)c1.Cl. The van der Waals surface area contributed by atoms with E-state index in [4.69, 9.17) is 4.74 Å². The van der Waals surface area contributed by atoms with E-state index in [0.717, 1.165) is 19.0 Å². The van der Waals surface area contributed by atoms with Crippen LogP contribution < -0.4 is 15.4 Å². The summed E-state index contributed by atoms with van der Waals surface area (Å²) in [4.78, 5) is 12.5. The highest BCUT2D eigenvalue weighted by Gasteiger charge is 2.30. The number of ether oxygens (including phenoxy) is 1. The number of piperidine rings is 1. The van der Waals surface area contributed by atoms with Crippen LogP contribution in [0.5, 0.6) is 5.75 Å². The van der Waals surface area contributed by atoms with Crippen molar-refractivity contribution in [3.05, 3.63) is 65.7 Å². The van der Waals surface area contributed by atoms with E-state index >= 15 is 0 Å². The number of hydrogen-bond acceptors (Lipinski definition) is 3. The molecule has 3 atom stereocenters. The van der Waals surface area contributed by atoms with Crippen LogP contribution in [0.1, 0.15) is 24.8 Å². The molecule has 146 valence electrons. The lowest BCUT2D eigenvalue weighted by Crippen LogP contribution is -2.52. The molecule has 1 heterocycles. The maximum atomic E-state index is 13.6. The van der Waals surface area contributed by atoms with Crippen LogP contribution in [-0.4, -0.2) is 31.1 Å². The zero-order chi connectivity index (χ0) is 18.5. The second-order valence-corrected chi connectivity index (χ2v) is 6.46. The van der Waals surface area contributed by atoms with Gasteiger partial charge in [-0.2, -0.15) is 0 Å². The average molecular weight is 397 g/mol. The van der Waals surface area contributed by atoms with Crippen LogP contribution in [0.3, 0.4) is 0 Å². The Bertz CT molecular complexity index is 761. The van der Waals surface area contributed by atoms with Crippen LogP contribution in [0, 0.1) is 11.6 Å². The second-order valence-electron chi connectivity index (χ2n) is 6.46. The highest BCUT2D eigenvalue weighted by atomic mass is 35.5. The average Bonchev–Trinajstić information content (AvgIpc) is 2.65. The van der Waals surface area contributed by atoms with E-state index in [1.54, 1.807) is 25.1 Å². The monoisotopic (exact) mass is 396 g/mol. The molecule has 2 N–H and O–H groups in total. The van der Waals surface area contributed by atoms with Crippen LogP contribution in [0.15, 0.2) is 48.5 Å². The molecule has 2 aromatic carbocycles. The summed E-state index contributed by atoms with van der Waals surface area (Å²) in [6, 6.07) is 12.8. The molecular weight excluding hydrogens is 374 g/mol. The van der Waals surface area contributed by atoms with Crippen molar-refractivity contribution in [3.8, 4) is 5.75 Å². The molecule has 4 nitrogen and oxygen atoms in total. The number of para-hydroxylation sites is 1. The van der Waals surface area contributed by atoms with Gasteiger partial charge in [-0.15, -0.1) is 12.4 Å².